The highest BCUT2D eigenvalue weighted by Crippen LogP contribution is 2.16. The molecule has 7 heteroatoms. The maximum atomic E-state index is 11.7. The Morgan fingerprint density at radius 1 is 1.24 bits per heavy atom. The summed E-state index contributed by atoms with van der Waals surface area (Å²) in [6.07, 6.45) is 7.02. The van der Waals surface area contributed by atoms with E-state index in [0.717, 1.165) is 11.3 Å². The second kappa shape index (κ2) is 3.85. The first-order valence-electron chi connectivity index (χ1n) is 5.06. The van der Waals surface area contributed by atoms with Crippen LogP contribution in [0.25, 0.3) is 0 Å². The van der Waals surface area contributed by atoms with E-state index in [4.69, 9.17) is 0 Å². The maximum Gasteiger partial charge on any atom is 0.255 e. The average Bonchev–Trinajstić information content (AvgIpc) is 2.79. The Bertz CT molecular complexity index is 588. The van der Waals surface area contributed by atoms with Gasteiger partial charge in [0.25, 0.3) is 11.9 Å². The van der Waals surface area contributed by atoms with Crippen molar-refractivity contribution >= 4 is 17.6 Å². The second-order valence-corrected chi connectivity index (χ2v) is 3.64. The van der Waals surface area contributed by atoms with Crippen LogP contribution in [0.3, 0.4) is 0 Å². The van der Waals surface area contributed by atoms with Crippen LogP contribution in [0.15, 0.2) is 30.0 Å². The van der Waals surface area contributed by atoms with E-state index < -0.39 is 0 Å². The second-order valence-electron chi connectivity index (χ2n) is 3.64. The molecule has 2 aromatic rings. The number of hydrogen-bond acceptors (Lipinski definition) is 6. The van der Waals surface area contributed by atoms with Crippen molar-refractivity contribution in [2.45, 2.75) is 12.8 Å². The summed E-state index contributed by atoms with van der Waals surface area (Å²) in [6.45, 7) is 0. The fourth-order valence-corrected chi connectivity index (χ4v) is 1.68. The first-order valence-corrected chi connectivity index (χ1v) is 5.06. The Morgan fingerprint density at radius 3 is 2.88 bits per heavy atom. The molecule has 0 amide bonds. The van der Waals surface area contributed by atoms with Gasteiger partial charge in [0.15, 0.2) is 0 Å². The predicted molar refractivity (Wildman–Crippen MR) is 58.1 cm³/mol. The molecule has 0 spiro atoms. The van der Waals surface area contributed by atoms with Gasteiger partial charge < -0.3 is 0 Å². The average molecular weight is 228 g/mol. The summed E-state index contributed by atoms with van der Waals surface area (Å²) >= 11 is 0. The van der Waals surface area contributed by atoms with Crippen molar-refractivity contribution in [2.24, 2.45) is 4.99 Å². The van der Waals surface area contributed by atoms with Crippen molar-refractivity contribution in [3.05, 3.63) is 30.6 Å². The standard InChI is InChI=1S/C10H8N6O/c17-9-2-8(1-7-3-11-5-12-4-7)15-10-13-6-14-16(9)10/h3-6H,1-2H2. The van der Waals surface area contributed by atoms with Crippen LogP contribution in [0.5, 0.6) is 0 Å². The zero-order valence-electron chi connectivity index (χ0n) is 8.82. The number of aromatic nitrogens is 5. The normalized spacial score (nSPS) is 14.4. The van der Waals surface area contributed by atoms with Gasteiger partial charge in [0, 0.05) is 24.5 Å². The summed E-state index contributed by atoms with van der Waals surface area (Å²) in [7, 11) is 0. The number of fused-ring (bicyclic) bond motifs is 1. The smallest absolute Gasteiger partial charge is 0.255 e. The highest BCUT2D eigenvalue weighted by molar-refractivity contribution is 6.06. The predicted octanol–water partition coefficient (Wildman–Crippen LogP) is 0.427. The number of aliphatic imine (C=N–C) groups is 1. The Balaban J connectivity index is 1.89. The molecule has 3 heterocycles. The Hall–Kier alpha value is -2.44. The van der Waals surface area contributed by atoms with Crippen molar-refractivity contribution in [1.29, 1.82) is 0 Å². The molecule has 84 valence electrons. The molecule has 0 N–H and O–H groups in total. The third kappa shape index (κ3) is 1.82. The van der Waals surface area contributed by atoms with Gasteiger partial charge in [0.05, 0.1) is 6.42 Å². The van der Waals surface area contributed by atoms with Crippen LogP contribution >= 0.6 is 0 Å². The molecule has 0 aromatic carbocycles. The molecule has 0 unspecified atom stereocenters. The molecule has 7 nitrogen and oxygen atoms in total. The molecule has 0 aliphatic carbocycles. The summed E-state index contributed by atoms with van der Waals surface area (Å²) in [5.41, 5.74) is 1.68. The minimum absolute atomic E-state index is 0.112. The number of rotatable bonds is 2. The topological polar surface area (TPSA) is 85.9 Å². The van der Waals surface area contributed by atoms with Crippen LogP contribution in [0.2, 0.25) is 0 Å². The molecule has 0 bridgehead atoms. The Morgan fingerprint density at radius 2 is 2.06 bits per heavy atom. The van der Waals surface area contributed by atoms with Gasteiger partial charge in [0.1, 0.15) is 12.7 Å². The van der Waals surface area contributed by atoms with E-state index in [1.54, 1.807) is 12.4 Å². The highest BCUT2D eigenvalue weighted by Gasteiger charge is 2.20. The van der Waals surface area contributed by atoms with E-state index in [1.165, 1.54) is 17.3 Å². The number of carbonyl (C=O) groups excluding carboxylic acids is 1. The van der Waals surface area contributed by atoms with Gasteiger partial charge in [-0.05, 0) is 5.56 Å². The maximum absolute atomic E-state index is 11.7. The van der Waals surface area contributed by atoms with Crippen molar-refractivity contribution in [2.75, 3.05) is 0 Å². The Labute approximate surface area is 96.3 Å². The van der Waals surface area contributed by atoms with Crippen LogP contribution < -0.4 is 0 Å². The molecule has 2 aromatic heterocycles. The van der Waals surface area contributed by atoms with Crippen LogP contribution in [-0.4, -0.2) is 36.4 Å². The number of nitrogens with zero attached hydrogens (tertiary/aromatic N) is 6. The highest BCUT2D eigenvalue weighted by atomic mass is 16.2. The van der Waals surface area contributed by atoms with E-state index >= 15 is 0 Å². The summed E-state index contributed by atoms with van der Waals surface area (Å²) < 4.78 is 1.21. The lowest BCUT2D eigenvalue weighted by Crippen LogP contribution is -2.22. The summed E-state index contributed by atoms with van der Waals surface area (Å²) in [6, 6.07) is 0. The van der Waals surface area contributed by atoms with Crippen molar-refractivity contribution in [1.82, 2.24) is 24.7 Å². The van der Waals surface area contributed by atoms with E-state index in [9.17, 15) is 4.79 Å². The number of carbonyl (C=O) groups is 1. The molecule has 0 fully saturated rings. The lowest BCUT2D eigenvalue weighted by molar-refractivity contribution is 0.0905. The van der Waals surface area contributed by atoms with Crippen molar-refractivity contribution < 1.29 is 4.79 Å². The van der Waals surface area contributed by atoms with Gasteiger partial charge in [-0.2, -0.15) is 14.8 Å². The molecule has 0 atom stereocenters. The van der Waals surface area contributed by atoms with Gasteiger partial charge in [-0.1, -0.05) is 0 Å². The fraction of sp³-hybridized carbons (Fsp3) is 0.200. The third-order valence-electron chi connectivity index (χ3n) is 2.40. The largest absolute Gasteiger partial charge is 0.272 e. The molecular weight excluding hydrogens is 220 g/mol. The summed E-state index contributed by atoms with van der Waals surface area (Å²) in [5, 5.41) is 3.80. The van der Waals surface area contributed by atoms with Crippen molar-refractivity contribution in [3.8, 4) is 0 Å². The van der Waals surface area contributed by atoms with E-state index in [-0.39, 0.29) is 12.3 Å². The van der Waals surface area contributed by atoms with Crippen LogP contribution in [0.4, 0.5) is 5.95 Å². The minimum atomic E-state index is -0.112. The van der Waals surface area contributed by atoms with E-state index in [0.29, 0.717) is 12.4 Å². The van der Waals surface area contributed by atoms with Gasteiger partial charge in [-0.3, -0.25) is 4.79 Å². The zero-order valence-corrected chi connectivity index (χ0v) is 8.82. The molecule has 0 saturated heterocycles. The first kappa shape index (κ1) is 9.76. The SMILES string of the molecule is O=C1CC(Cc2cncnc2)=Nc2ncnn21. The fourth-order valence-electron chi connectivity index (χ4n) is 1.68. The number of hydrogen-bond donors (Lipinski definition) is 0. The van der Waals surface area contributed by atoms with Crippen LogP contribution in [0, 0.1) is 0 Å². The van der Waals surface area contributed by atoms with E-state index in [2.05, 4.69) is 25.0 Å². The van der Waals surface area contributed by atoms with Gasteiger partial charge in [0.2, 0.25) is 0 Å². The minimum Gasteiger partial charge on any atom is -0.272 e. The molecule has 3 rings (SSSR count). The third-order valence-corrected chi connectivity index (χ3v) is 2.40. The quantitative estimate of drug-likeness (QED) is 0.743. The zero-order chi connectivity index (χ0) is 11.7. The molecule has 1 aliphatic heterocycles. The summed E-state index contributed by atoms with van der Waals surface area (Å²) in [5.74, 6) is 0.229. The van der Waals surface area contributed by atoms with Gasteiger partial charge in [-0.25, -0.2) is 15.0 Å². The van der Waals surface area contributed by atoms with Crippen molar-refractivity contribution in [3.63, 3.8) is 0 Å². The summed E-state index contributed by atoms with van der Waals surface area (Å²) in [4.78, 5) is 27.7. The monoisotopic (exact) mass is 228 g/mol. The van der Waals surface area contributed by atoms with Gasteiger partial charge >= 0.3 is 0 Å². The molecule has 17 heavy (non-hydrogen) atoms. The first-order chi connectivity index (χ1) is 8.33. The Kier molecular flexibility index (Phi) is 2.21. The molecular formula is C10H8N6O. The molecule has 0 saturated carbocycles. The van der Waals surface area contributed by atoms with Gasteiger partial charge in [-0.15, -0.1) is 0 Å². The van der Waals surface area contributed by atoms with Crippen LogP contribution in [0.1, 0.15) is 16.8 Å². The molecule has 0 radical (unpaired) electrons. The molecule has 1 aliphatic rings. The van der Waals surface area contributed by atoms with Crippen LogP contribution in [-0.2, 0) is 6.42 Å². The lowest BCUT2D eigenvalue weighted by atomic mass is 10.1. The lowest BCUT2D eigenvalue weighted by Gasteiger charge is -2.11. The van der Waals surface area contributed by atoms with E-state index in [1.807, 2.05) is 0 Å².